The number of halogens is 1. The average molecular weight is 283 g/mol. The molecule has 1 saturated carbocycles. The molecule has 1 spiro atoms. The fourth-order valence-corrected chi connectivity index (χ4v) is 2.96. The zero-order valence-electron chi connectivity index (χ0n) is 10.9. The van der Waals surface area contributed by atoms with E-state index in [1.807, 2.05) is 12.1 Å². The summed E-state index contributed by atoms with van der Waals surface area (Å²) >= 11 is 5.85. The average Bonchev–Trinajstić information content (AvgIpc) is 2.80. The van der Waals surface area contributed by atoms with Gasteiger partial charge in [-0.1, -0.05) is 24.1 Å². The molecule has 2 aliphatic rings. The van der Waals surface area contributed by atoms with Crippen LogP contribution in [0.4, 0.5) is 5.82 Å². The maximum absolute atomic E-state index is 6.10. The summed E-state index contributed by atoms with van der Waals surface area (Å²) in [5.41, 5.74) is 0. The third kappa shape index (κ3) is 3.19. The van der Waals surface area contributed by atoms with Gasteiger partial charge in [-0.15, -0.1) is 0 Å². The van der Waals surface area contributed by atoms with Crippen LogP contribution in [0.3, 0.4) is 0 Å². The Morgan fingerprint density at radius 2 is 2.16 bits per heavy atom. The number of aromatic nitrogens is 1. The van der Waals surface area contributed by atoms with Crippen LogP contribution in [0.2, 0.25) is 5.15 Å². The summed E-state index contributed by atoms with van der Waals surface area (Å²) in [7, 11) is 0. The maximum atomic E-state index is 6.10. The lowest BCUT2D eigenvalue weighted by Crippen LogP contribution is -2.34. The first-order chi connectivity index (χ1) is 9.26. The van der Waals surface area contributed by atoms with Gasteiger partial charge in [-0.25, -0.2) is 4.98 Å². The van der Waals surface area contributed by atoms with Gasteiger partial charge < -0.3 is 14.8 Å². The molecule has 1 saturated heterocycles. The molecule has 0 amide bonds. The van der Waals surface area contributed by atoms with E-state index in [1.54, 1.807) is 6.07 Å². The SMILES string of the molecule is Clc1cccc(NC[C@@H]2COC3(CCCCC3)O2)n1. The van der Waals surface area contributed by atoms with Crippen molar-refractivity contribution in [3.05, 3.63) is 23.4 Å². The first-order valence-electron chi connectivity index (χ1n) is 6.94. The molecule has 1 aromatic rings. The summed E-state index contributed by atoms with van der Waals surface area (Å²) in [6, 6.07) is 5.54. The van der Waals surface area contributed by atoms with Gasteiger partial charge in [0.05, 0.1) is 6.61 Å². The molecule has 104 valence electrons. The Morgan fingerprint density at radius 1 is 1.32 bits per heavy atom. The van der Waals surface area contributed by atoms with Crippen LogP contribution < -0.4 is 5.32 Å². The lowest BCUT2D eigenvalue weighted by Gasteiger charge is -2.31. The van der Waals surface area contributed by atoms with Gasteiger partial charge in [0, 0.05) is 19.4 Å². The normalized spacial score (nSPS) is 25.6. The van der Waals surface area contributed by atoms with Crippen molar-refractivity contribution in [2.45, 2.75) is 44.0 Å². The molecular weight excluding hydrogens is 264 g/mol. The molecule has 0 radical (unpaired) electrons. The van der Waals surface area contributed by atoms with Gasteiger partial charge in [-0.05, 0) is 25.0 Å². The van der Waals surface area contributed by atoms with Crippen molar-refractivity contribution in [2.75, 3.05) is 18.5 Å². The van der Waals surface area contributed by atoms with Gasteiger partial charge >= 0.3 is 0 Å². The van der Waals surface area contributed by atoms with Crippen molar-refractivity contribution in [3.63, 3.8) is 0 Å². The fraction of sp³-hybridized carbons (Fsp3) is 0.643. The van der Waals surface area contributed by atoms with Gasteiger partial charge in [0.2, 0.25) is 0 Å². The molecule has 3 rings (SSSR count). The van der Waals surface area contributed by atoms with Crippen LogP contribution in [0.1, 0.15) is 32.1 Å². The third-order valence-electron chi connectivity index (χ3n) is 3.76. The van der Waals surface area contributed by atoms with E-state index < -0.39 is 0 Å². The molecule has 1 aromatic heterocycles. The second-order valence-electron chi connectivity index (χ2n) is 5.25. The van der Waals surface area contributed by atoms with E-state index in [1.165, 1.54) is 19.3 Å². The number of anilines is 1. The highest BCUT2D eigenvalue weighted by atomic mass is 35.5. The number of pyridine rings is 1. The van der Waals surface area contributed by atoms with Crippen LogP contribution in [-0.4, -0.2) is 30.0 Å². The van der Waals surface area contributed by atoms with Gasteiger partial charge in [0.15, 0.2) is 5.79 Å². The monoisotopic (exact) mass is 282 g/mol. The Balaban J connectivity index is 1.52. The molecule has 0 unspecified atom stereocenters. The topological polar surface area (TPSA) is 43.4 Å². The predicted molar refractivity (Wildman–Crippen MR) is 74.4 cm³/mol. The number of nitrogens with zero attached hydrogens (tertiary/aromatic N) is 1. The summed E-state index contributed by atoms with van der Waals surface area (Å²) in [5, 5.41) is 3.75. The first-order valence-corrected chi connectivity index (χ1v) is 7.32. The van der Waals surface area contributed by atoms with E-state index in [9.17, 15) is 0 Å². The van der Waals surface area contributed by atoms with Crippen molar-refractivity contribution >= 4 is 17.4 Å². The van der Waals surface area contributed by atoms with Crippen molar-refractivity contribution in [3.8, 4) is 0 Å². The molecule has 0 aromatic carbocycles. The van der Waals surface area contributed by atoms with E-state index in [0.717, 1.165) is 18.7 Å². The zero-order valence-corrected chi connectivity index (χ0v) is 11.7. The third-order valence-corrected chi connectivity index (χ3v) is 3.97. The fourth-order valence-electron chi connectivity index (χ4n) is 2.79. The number of nitrogens with one attached hydrogen (secondary N) is 1. The van der Waals surface area contributed by atoms with E-state index in [2.05, 4.69) is 10.3 Å². The quantitative estimate of drug-likeness (QED) is 0.865. The smallest absolute Gasteiger partial charge is 0.168 e. The number of hydrogen-bond acceptors (Lipinski definition) is 4. The highest BCUT2D eigenvalue weighted by Crippen LogP contribution is 2.37. The number of rotatable bonds is 3. The molecule has 4 nitrogen and oxygen atoms in total. The van der Waals surface area contributed by atoms with Crippen LogP contribution in [0.15, 0.2) is 18.2 Å². The Hall–Kier alpha value is -0.840. The van der Waals surface area contributed by atoms with Gasteiger partial charge in [-0.3, -0.25) is 0 Å². The summed E-state index contributed by atoms with van der Waals surface area (Å²) in [6.45, 7) is 1.36. The van der Waals surface area contributed by atoms with E-state index in [4.69, 9.17) is 21.1 Å². The second-order valence-corrected chi connectivity index (χ2v) is 5.64. The van der Waals surface area contributed by atoms with Crippen LogP contribution in [0.5, 0.6) is 0 Å². The molecule has 1 aliphatic heterocycles. The van der Waals surface area contributed by atoms with Crippen LogP contribution in [0.25, 0.3) is 0 Å². The standard InChI is InChI=1S/C14H19ClN2O2/c15-12-5-4-6-13(17-12)16-9-11-10-18-14(19-11)7-2-1-3-8-14/h4-6,11H,1-3,7-10H2,(H,16,17)/t11-/m1/s1. The van der Waals surface area contributed by atoms with Crippen LogP contribution in [0, 0.1) is 0 Å². The number of hydrogen-bond donors (Lipinski definition) is 1. The van der Waals surface area contributed by atoms with Gasteiger partial charge in [-0.2, -0.15) is 0 Å². The molecule has 19 heavy (non-hydrogen) atoms. The first kappa shape index (κ1) is 13.2. The van der Waals surface area contributed by atoms with Crippen molar-refractivity contribution < 1.29 is 9.47 Å². The molecule has 1 aliphatic carbocycles. The van der Waals surface area contributed by atoms with Gasteiger partial charge in [0.25, 0.3) is 0 Å². The molecule has 1 atom stereocenters. The molecule has 0 bridgehead atoms. The molecule has 5 heteroatoms. The Kier molecular flexibility index (Phi) is 3.91. The largest absolute Gasteiger partial charge is 0.367 e. The van der Waals surface area contributed by atoms with E-state index in [-0.39, 0.29) is 11.9 Å². The Bertz CT molecular complexity index is 435. The maximum Gasteiger partial charge on any atom is 0.168 e. The minimum Gasteiger partial charge on any atom is -0.367 e. The van der Waals surface area contributed by atoms with Crippen molar-refractivity contribution in [2.24, 2.45) is 0 Å². The summed E-state index contributed by atoms with van der Waals surface area (Å²) in [6.07, 6.45) is 5.85. The molecular formula is C14H19ClN2O2. The predicted octanol–water partition coefficient (Wildman–Crippen LogP) is 3.22. The minimum atomic E-state index is -0.299. The van der Waals surface area contributed by atoms with E-state index in [0.29, 0.717) is 18.3 Å². The molecule has 2 fully saturated rings. The summed E-state index contributed by atoms with van der Waals surface area (Å²) in [4.78, 5) is 4.20. The molecule has 1 N–H and O–H groups in total. The Labute approximate surface area is 118 Å². The van der Waals surface area contributed by atoms with Gasteiger partial charge in [0.1, 0.15) is 17.1 Å². The minimum absolute atomic E-state index is 0.0962. The van der Waals surface area contributed by atoms with E-state index >= 15 is 0 Å². The summed E-state index contributed by atoms with van der Waals surface area (Å²) in [5.74, 6) is 0.479. The van der Waals surface area contributed by atoms with Crippen molar-refractivity contribution in [1.29, 1.82) is 0 Å². The lowest BCUT2D eigenvalue weighted by atomic mass is 9.94. The molecule has 2 heterocycles. The van der Waals surface area contributed by atoms with Crippen LogP contribution in [-0.2, 0) is 9.47 Å². The van der Waals surface area contributed by atoms with Crippen molar-refractivity contribution in [1.82, 2.24) is 4.98 Å². The number of ether oxygens (including phenoxy) is 2. The second kappa shape index (κ2) is 5.65. The highest BCUT2D eigenvalue weighted by Gasteiger charge is 2.41. The zero-order chi connectivity index (χ0) is 13.1. The highest BCUT2D eigenvalue weighted by molar-refractivity contribution is 6.29. The Morgan fingerprint density at radius 3 is 2.95 bits per heavy atom. The lowest BCUT2D eigenvalue weighted by molar-refractivity contribution is -0.185. The summed E-state index contributed by atoms with van der Waals surface area (Å²) < 4.78 is 12.0. The van der Waals surface area contributed by atoms with Crippen LogP contribution >= 0.6 is 11.6 Å².